The lowest BCUT2D eigenvalue weighted by Gasteiger charge is -2.37. The number of methoxy groups -OCH3 is 2. The second kappa shape index (κ2) is 7.40. The first kappa shape index (κ1) is 17.5. The van der Waals surface area contributed by atoms with E-state index >= 15 is 0 Å². The molecular weight excluding hydrogens is 340 g/mol. The Bertz CT molecular complexity index is 923. The first-order valence-electron chi connectivity index (χ1n) is 9.06. The standard InChI is InChI=1S/C21H24N4O2/c1-24-13-15(11-23-24)14-25-8-6-16-9-19(26-2)20(27-3)10-18(16)21(25)17-5-4-7-22-12-17/h4-5,7,9-13,21H,6,8,14H2,1-3H3. The molecule has 0 aliphatic carbocycles. The van der Waals surface area contributed by atoms with E-state index in [2.05, 4.69) is 39.4 Å². The summed E-state index contributed by atoms with van der Waals surface area (Å²) in [5, 5.41) is 4.32. The minimum atomic E-state index is 0.113. The molecule has 6 heteroatoms. The van der Waals surface area contributed by atoms with Gasteiger partial charge in [-0.25, -0.2) is 0 Å². The van der Waals surface area contributed by atoms with E-state index in [1.165, 1.54) is 22.3 Å². The normalized spacial score (nSPS) is 16.8. The number of fused-ring (bicyclic) bond motifs is 1. The van der Waals surface area contributed by atoms with Crippen molar-refractivity contribution in [2.75, 3.05) is 20.8 Å². The van der Waals surface area contributed by atoms with Crippen LogP contribution in [0.1, 0.15) is 28.3 Å². The van der Waals surface area contributed by atoms with E-state index in [0.717, 1.165) is 31.0 Å². The van der Waals surface area contributed by atoms with Crippen molar-refractivity contribution in [1.29, 1.82) is 0 Å². The summed E-state index contributed by atoms with van der Waals surface area (Å²) in [6.45, 7) is 1.79. The van der Waals surface area contributed by atoms with Crippen LogP contribution in [0.5, 0.6) is 11.5 Å². The molecule has 1 unspecified atom stereocenters. The minimum absolute atomic E-state index is 0.113. The Morgan fingerprint density at radius 3 is 2.63 bits per heavy atom. The molecule has 0 saturated carbocycles. The third-order valence-electron chi connectivity index (χ3n) is 5.12. The summed E-state index contributed by atoms with van der Waals surface area (Å²) in [5.74, 6) is 1.54. The number of aryl methyl sites for hydroxylation is 1. The van der Waals surface area contributed by atoms with Gasteiger partial charge in [0.15, 0.2) is 11.5 Å². The number of benzene rings is 1. The Hall–Kier alpha value is -2.86. The molecule has 1 aliphatic heterocycles. The van der Waals surface area contributed by atoms with Gasteiger partial charge in [-0.15, -0.1) is 0 Å². The van der Waals surface area contributed by atoms with Gasteiger partial charge in [-0.3, -0.25) is 14.6 Å². The number of rotatable bonds is 5. The first-order chi connectivity index (χ1) is 13.2. The number of hydrogen-bond acceptors (Lipinski definition) is 5. The summed E-state index contributed by atoms with van der Waals surface area (Å²) in [6, 6.07) is 8.47. The van der Waals surface area contributed by atoms with Crippen LogP contribution >= 0.6 is 0 Å². The summed E-state index contributed by atoms with van der Waals surface area (Å²) in [4.78, 5) is 6.83. The maximum atomic E-state index is 5.57. The topological polar surface area (TPSA) is 52.4 Å². The lowest BCUT2D eigenvalue weighted by molar-refractivity contribution is 0.203. The third-order valence-corrected chi connectivity index (χ3v) is 5.12. The van der Waals surface area contributed by atoms with Crippen molar-refractivity contribution in [3.8, 4) is 11.5 Å². The van der Waals surface area contributed by atoms with Crippen molar-refractivity contribution in [3.63, 3.8) is 0 Å². The zero-order chi connectivity index (χ0) is 18.8. The van der Waals surface area contributed by atoms with E-state index in [1.54, 1.807) is 14.2 Å². The Kier molecular flexibility index (Phi) is 4.81. The molecule has 3 heterocycles. The summed E-state index contributed by atoms with van der Waals surface area (Å²) in [6.07, 6.45) is 8.74. The van der Waals surface area contributed by atoms with Gasteiger partial charge in [-0.1, -0.05) is 6.07 Å². The smallest absolute Gasteiger partial charge is 0.161 e. The highest BCUT2D eigenvalue weighted by Gasteiger charge is 2.30. The van der Waals surface area contributed by atoms with E-state index < -0.39 is 0 Å². The van der Waals surface area contributed by atoms with Crippen molar-refractivity contribution in [3.05, 3.63) is 71.3 Å². The molecule has 0 amide bonds. The van der Waals surface area contributed by atoms with Crippen LogP contribution in [-0.4, -0.2) is 40.4 Å². The van der Waals surface area contributed by atoms with Crippen LogP contribution < -0.4 is 9.47 Å². The Balaban J connectivity index is 1.78. The number of nitrogens with zero attached hydrogens (tertiary/aromatic N) is 4. The highest BCUT2D eigenvalue weighted by molar-refractivity contribution is 5.51. The molecule has 0 N–H and O–H groups in total. The maximum absolute atomic E-state index is 5.57. The first-order valence-corrected chi connectivity index (χ1v) is 9.06. The predicted octanol–water partition coefficient (Wildman–Crippen LogP) is 2.98. The highest BCUT2D eigenvalue weighted by Crippen LogP contribution is 2.41. The molecule has 0 spiro atoms. The van der Waals surface area contributed by atoms with Gasteiger partial charge in [-0.2, -0.15) is 5.10 Å². The fraction of sp³-hybridized carbons (Fsp3) is 0.333. The number of hydrogen-bond donors (Lipinski definition) is 0. The van der Waals surface area contributed by atoms with Crippen LogP contribution in [0.3, 0.4) is 0 Å². The molecule has 1 aromatic carbocycles. The molecule has 1 aliphatic rings. The zero-order valence-corrected chi connectivity index (χ0v) is 15.9. The van der Waals surface area contributed by atoms with Gasteiger partial charge in [0.1, 0.15) is 0 Å². The number of pyridine rings is 1. The fourth-order valence-corrected chi connectivity index (χ4v) is 3.88. The average molecular weight is 364 g/mol. The van der Waals surface area contributed by atoms with Gasteiger partial charge >= 0.3 is 0 Å². The van der Waals surface area contributed by atoms with Gasteiger partial charge in [0.2, 0.25) is 0 Å². The summed E-state index contributed by atoms with van der Waals surface area (Å²) < 4.78 is 12.9. The monoisotopic (exact) mass is 364 g/mol. The SMILES string of the molecule is COc1cc2c(cc1OC)C(c1cccnc1)N(Cc1cnn(C)c1)CC2. The minimum Gasteiger partial charge on any atom is -0.493 e. The molecule has 140 valence electrons. The van der Waals surface area contributed by atoms with Crippen molar-refractivity contribution < 1.29 is 9.47 Å². The van der Waals surface area contributed by atoms with Crippen LogP contribution in [0, 0.1) is 0 Å². The second-order valence-electron chi connectivity index (χ2n) is 6.84. The number of ether oxygens (including phenoxy) is 2. The fourth-order valence-electron chi connectivity index (χ4n) is 3.88. The Labute approximate surface area is 159 Å². The van der Waals surface area contributed by atoms with Crippen molar-refractivity contribution in [1.82, 2.24) is 19.7 Å². The lowest BCUT2D eigenvalue weighted by atomic mass is 9.88. The van der Waals surface area contributed by atoms with Gasteiger partial charge in [0.05, 0.1) is 26.5 Å². The summed E-state index contributed by atoms with van der Waals surface area (Å²) in [7, 11) is 5.31. The molecule has 0 saturated heterocycles. The molecule has 0 radical (unpaired) electrons. The van der Waals surface area contributed by atoms with Crippen LogP contribution in [0.25, 0.3) is 0 Å². The quantitative estimate of drug-likeness (QED) is 0.697. The van der Waals surface area contributed by atoms with Crippen molar-refractivity contribution in [2.45, 2.75) is 19.0 Å². The van der Waals surface area contributed by atoms with Crippen LogP contribution in [0.15, 0.2) is 49.1 Å². The molecule has 3 aromatic rings. The Morgan fingerprint density at radius 1 is 1.15 bits per heavy atom. The van der Waals surface area contributed by atoms with Crippen LogP contribution in [0.4, 0.5) is 0 Å². The molecular formula is C21H24N4O2. The largest absolute Gasteiger partial charge is 0.493 e. The molecule has 6 nitrogen and oxygen atoms in total. The van der Waals surface area contributed by atoms with Crippen molar-refractivity contribution >= 4 is 0 Å². The Morgan fingerprint density at radius 2 is 1.96 bits per heavy atom. The molecule has 1 atom stereocenters. The maximum Gasteiger partial charge on any atom is 0.161 e. The highest BCUT2D eigenvalue weighted by atomic mass is 16.5. The molecule has 4 rings (SSSR count). The second-order valence-corrected chi connectivity index (χ2v) is 6.84. The molecule has 2 aromatic heterocycles. The van der Waals surface area contributed by atoms with Crippen LogP contribution in [0.2, 0.25) is 0 Å². The van der Waals surface area contributed by atoms with E-state index in [0.29, 0.717) is 0 Å². The summed E-state index contributed by atoms with van der Waals surface area (Å²) >= 11 is 0. The van der Waals surface area contributed by atoms with E-state index in [9.17, 15) is 0 Å². The van der Waals surface area contributed by atoms with E-state index in [-0.39, 0.29) is 6.04 Å². The molecule has 0 bridgehead atoms. The van der Waals surface area contributed by atoms with E-state index in [1.807, 2.05) is 36.4 Å². The van der Waals surface area contributed by atoms with Crippen LogP contribution in [-0.2, 0) is 20.0 Å². The van der Waals surface area contributed by atoms with Gasteiger partial charge in [-0.05, 0) is 41.3 Å². The van der Waals surface area contributed by atoms with Crippen molar-refractivity contribution in [2.24, 2.45) is 7.05 Å². The summed E-state index contributed by atoms with van der Waals surface area (Å²) in [5.41, 5.74) is 4.92. The van der Waals surface area contributed by atoms with Gasteiger partial charge in [0.25, 0.3) is 0 Å². The zero-order valence-electron chi connectivity index (χ0n) is 15.9. The lowest BCUT2D eigenvalue weighted by Crippen LogP contribution is -2.35. The van der Waals surface area contributed by atoms with Gasteiger partial charge < -0.3 is 9.47 Å². The molecule has 0 fully saturated rings. The predicted molar refractivity (Wildman–Crippen MR) is 103 cm³/mol. The number of aromatic nitrogens is 3. The van der Waals surface area contributed by atoms with E-state index in [4.69, 9.17) is 9.47 Å². The molecule has 27 heavy (non-hydrogen) atoms. The van der Waals surface area contributed by atoms with Gasteiger partial charge in [0, 0.05) is 44.3 Å². The third kappa shape index (κ3) is 3.40. The average Bonchev–Trinajstić information content (AvgIpc) is 3.12.